The predicted molar refractivity (Wildman–Crippen MR) is 94.2 cm³/mol. The highest BCUT2D eigenvalue weighted by atomic mass is 32.1. The molecule has 0 amide bonds. The van der Waals surface area contributed by atoms with E-state index >= 15 is 0 Å². The molecule has 120 valence electrons. The van der Waals surface area contributed by atoms with Crippen molar-refractivity contribution in [3.8, 4) is 0 Å². The minimum Gasteiger partial charge on any atom is -0.311 e. The lowest BCUT2D eigenvalue weighted by molar-refractivity contribution is 0.109. The van der Waals surface area contributed by atoms with E-state index in [2.05, 4.69) is 63.2 Å². The molecule has 0 bridgehead atoms. The van der Waals surface area contributed by atoms with Gasteiger partial charge in [-0.25, -0.2) is 0 Å². The first-order valence-electron chi connectivity index (χ1n) is 8.29. The van der Waals surface area contributed by atoms with Crippen molar-refractivity contribution < 1.29 is 0 Å². The summed E-state index contributed by atoms with van der Waals surface area (Å²) in [6, 6.07) is 2.90. The van der Waals surface area contributed by atoms with Gasteiger partial charge in [-0.2, -0.15) is 0 Å². The van der Waals surface area contributed by atoms with Crippen LogP contribution in [0.5, 0.6) is 0 Å². The molecule has 1 aromatic heterocycles. The molecule has 0 aromatic carbocycles. The van der Waals surface area contributed by atoms with Crippen LogP contribution in [0.1, 0.15) is 64.4 Å². The molecular formula is C18H32N2S. The lowest BCUT2D eigenvalue weighted by Crippen LogP contribution is -2.48. The van der Waals surface area contributed by atoms with Crippen LogP contribution in [-0.4, -0.2) is 30.1 Å². The van der Waals surface area contributed by atoms with E-state index in [4.69, 9.17) is 0 Å². The van der Waals surface area contributed by atoms with Crippen LogP contribution < -0.4 is 5.32 Å². The average molecular weight is 309 g/mol. The Bertz CT molecular complexity index is 460. The second kappa shape index (κ2) is 6.39. The maximum absolute atomic E-state index is 3.71. The molecule has 0 fully saturated rings. The van der Waals surface area contributed by atoms with Crippen LogP contribution >= 0.6 is 11.3 Å². The highest BCUT2D eigenvalue weighted by Crippen LogP contribution is 2.35. The van der Waals surface area contributed by atoms with Gasteiger partial charge in [-0.15, -0.1) is 11.3 Å². The summed E-state index contributed by atoms with van der Waals surface area (Å²) in [6.07, 6.45) is 2.44. The Labute approximate surface area is 134 Å². The van der Waals surface area contributed by atoms with Gasteiger partial charge in [0, 0.05) is 36.1 Å². The average Bonchev–Trinajstić information content (AvgIpc) is 2.88. The van der Waals surface area contributed by atoms with Gasteiger partial charge in [-0.1, -0.05) is 13.8 Å². The second-order valence-corrected chi connectivity index (χ2v) is 8.96. The SMILES string of the molecule is CCC(C)(CNC(C)(C)C)CN1CCc2sccc2C1C. The van der Waals surface area contributed by atoms with Gasteiger partial charge >= 0.3 is 0 Å². The van der Waals surface area contributed by atoms with E-state index in [1.165, 1.54) is 25.9 Å². The molecule has 1 aliphatic heterocycles. The summed E-state index contributed by atoms with van der Waals surface area (Å²) in [4.78, 5) is 4.29. The predicted octanol–water partition coefficient (Wildman–Crippen LogP) is 4.47. The zero-order valence-electron chi connectivity index (χ0n) is 14.6. The number of rotatable bonds is 5. The molecule has 3 heteroatoms. The molecule has 2 atom stereocenters. The normalized spacial score (nSPS) is 22.9. The molecule has 1 aliphatic rings. The molecule has 2 unspecified atom stereocenters. The minimum absolute atomic E-state index is 0.199. The third-order valence-corrected chi connectivity index (χ3v) is 5.88. The maximum Gasteiger partial charge on any atom is 0.0331 e. The van der Waals surface area contributed by atoms with Crippen molar-refractivity contribution in [2.75, 3.05) is 19.6 Å². The van der Waals surface area contributed by atoms with Gasteiger partial charge < -0.3 is 5.32 Å². The van der Waals surface area contributed by atoms with Crippen LogP contribution in [0.4, 0.5) is 0 Å². The Morgan fingerprint density at radius 1 is 1.33 bits per heavy atom. The maximum atomic E-state index is 3.71. The summed E-state index contributed by atoms with van der Waals surface area (Å²) in [5.41, 5.74) is 2.10. The van der Waals surface area contributed by atoms with E-state index in [9.17, 15) is 0 Å². The van der Waals surface area contributed by atoms with Gasteiger partial charge in [0.05, 0.1) is 0 Å². The molecule has 2 rings (SSSR count). The molecule has 1 N–H and O–H groups in total. The van der Waals surface area contributed by atoms with E-state index < -0.39 is 0 Å². The first-order valence-corrected chi connectivity index (χ1v) is 9.17. The number of thiophene rings is 1. The monoisotopic (exact) mass is 308 g/mol. The smallest absolute Gasteiger partial charge is 0.0331 e. The van der Waals surface area contributed by atoms with Gasteiger partial charge in [0.1, 0.15) is 0 Å². The molecule has 0 spiro atoms. The zero-order valence-corrected chi connectivity index (χ0v) is 15.4. The fourth-order valence-corrected chi connectivity index (χ4v) is 4.00. The molecule has 0 radical (unpaired) electrons. The summed E-state index contributed by atoms with van der Waals surface area (Å²) in [6.45, 7) is 17.4. The van der Waals surface area contributed by atoms with Gasteiger partial charge in [0.25, 0.3) is 0 Å². The Balaban J connectivity index is 2.02. The van der Waals surface area contributed by atoms with Crippen LogP contribution in [0.15, 0.2) is 11.4 Å². The molecule has 0 aliphatic carbocycles. The van der Waals surface area contributed by atoms with Gasteiger partial charge in [0.2, 0.25) is 0 Å². The van der Waals surface area contributed by atoms with E-state index in [1.807, 2.05) is 11.3 Å². The Hall–Kier alpha value is -0.380. The lowest BCUT2D eigenvalue weighted by atomic mass is 9.84. The first kappa shape index (κ1) is 17.0. The molecule has 1 aromatic rings. The van der Waals surface area contributed by atoms with E-state index in [-0.39, 0.29) is 5.54 Å². The van der Waals surface area contributed by atoms with Crippen LogP contribution in [0.2, 0.25) is 0 Å². The lowest BCUT2D eigenvalue weighted by Gasteiger charge is -2.41. The standard InChI is InChI=1S/C18H32N2S/c1-7-18(6,12-19-17(3,4)5)13-20-10-8-16-15(14(20)2)9-11-21-16/h9,11,14,19H,7-8,10,12-13H2,1-6H3. The number of nitrogens with zero attached hydrogens (tertiary/aromatic N) is 1. The summed E-state index contributed by atoms with van der Waals surface area (Å²) < 4.78 is 0. The number of hydrogen-bond donors (Lipinski definition) is 1. The first-order chi connectivity index (χ1) is 9.74. The van der Waals surface area contributed by atoms with E-state index in [1.54, 1.807) is 10.4 Å². The fraction of sp³-hybridized carbons (Fsp3) is 0.778. The largest absolute Gasteiger partial charge is 0.311 e. The Kier molecular flexibility index (Phi) is 5.17. The van der Waals surface area contributed by atoms with Gasteiger partial charge in [-0.05, 0) is 63.0 Å². The van der Waals surface area contributed by atoms with Crippen molar-refractivity contribution in [1.29, 1.82) is 0 Å². The third kappa shape index (κ3) is 4.30. The Morgan fingerprint density at radius 3 is 2.67 bits per heavy atom. The summed E-state index contributed by atoms with van der Waals surface area (Å²) >= 11 is 1.93. The Morgan fingerprint density at radius 2 is 2.05 bits per heavy atom. The molecule has 2 nitrogen and oxygen atoms in total. The summed E-state index contributed by atoms with van der Waals surface area (Å²) in [5, 5.41) is 5.96. The molecule has 21 heavy (non-hydrogen) atoms. The van der Waals surface area contributed by atoms with Gasteiger partial charge in [0.15, 0.2) is 0 Å². The van der Waals surface area contributed by atoms with E-state index in [0.29, 0.717) is 11.5 Å². The molecule has 0 saturated heterocycles. The number of fused-ring (bicyclic) bond motifs is 1. The molecule has 2 heterocycles. The van der Waals surface area contributed by atoms with Crippen molar-refractivity contribution in [3.05, 3.63) is 21.9 Å². The quantitative estimate of drug-likeness (QED) is 0.863. The van der Waals surface area contributed by atoms with Crippen LogP contribution in [-0.2, 0) is 6.42 Å². The van der Waals surface area contributed by atoms with Crippen LogP contribution in [0, 0.1) is 5.41 Å². The van der Waals surface area contributed by atoms with E-state index in [0.717, 1.165) is 6.54 Å². The highest BCUT2D eigenvalue weighted by molar-refractivity contribution is 7.10. The highest BCUT2D eigenvalue weighted by Gasteiger charge is 2.32. The van der Waals surface area contributed by atoms with Crippen molar-refractivity contribution in [2.24, 2.45) is 5.41 Å². The van der Waals surface area contributed by atoms with Crippen molar-refractivity contribution in [1.82, 2.24) is 10.2 Å². The zero-order chi connectivity index (χ0) is 15.7. The topological polar surface area (TPSA) is 15.3 Å². The summed E-state index contributed by atoms with van der Waals surface area (Å²) in [5.74, 6) is 0. The summed E-state index contributed by atoms with van der Waals surface area (Å²) in [7, 11) is 0. The minimum atomic E-state index is 0.199. The van der Waals surface area contributed by atoms with Crippen molar-refractivity contribution in [3.63, 3.8) is 0 Å². The molecular weight excluding hydrogens is 276 g/mol. The third-order valence-electron chi connectivity index (χ3n) is 4.89. The second-order valence-electron chi connectivity index (χ2n) is 7.96. The number of nitrogens with one attached hydrogen (secondary N) is 1. The van der Waals surface area contributed by atoms with Crippen LogP contribution in [0.3, 0.4) is 0 Å². The van der Waals surface area contributed by atoms with Gasteiger partial charge in [-0.3, -0.25) is 4.90 Å². The fourth-order valence-electron chi connectivity index (χ4n) is 3.04. The van der Waals surface area contributed by atoms with Crippen molar-refractivity contribution >= 4 is 11.3 Å². The molecule has 0 saturated carbocycles. The number of hydrogen-bond acceptors (Lipinski definition) is 3. The van der Waals surface area contributed by atoms with Crippen molar-refractivity contribution in [2.45, 2.75) is 66.0 Å². The van der Waals surface area contributed by atoms with Crippen LogP contribution in [0.25, 0.3) is 0 Å².